The molecule has 0 saturated carbocycles. The fraction of sp³-hybridized carbons (Fsp3) is 0.407. The van der Waals surface area contributed by atoms with Gasteiger partial charge in [-0.15, -0.1) is 0 Å². The van der Waals surface area contributed by atoms with E-state index in [-0.39, 0.29) is 0 Å². The number of aryl methyl sites for hydroxylation is 2. The molecule has 0 amide bonds. The number of benzene rings is 2. The van der Waals surface area contributed by atoms with Gasteiger partial charge >= 0.3 is 0 Å². The second kappa shape index (κ2) is 10.5. The summed E-state index contributed by atoms with van der Waals surface area (Å²) in [7, 11) is 0. The van der Waals surface area contributed by atoms with E-state index in [1.165, 1.54) is 44.2 Å². The lowest BCUT2D eigenvalue weighted by atomic mass is 10.0. The molecule has 1 aliphatic rings. The molecule has 3 heteroatoms. The molecule has 1 atom stereocenters. The number of aliphatic hydroxyl groups is 1. The van der Waals surface area contributed by atoms with Crippen LogP contribution in [-0.4, -0.2) is 20.3 Å². The van der Waals surface area contributed by atoms with Gasteiger partial charge in [0, 0.05) is 28.0 Å². The molecule has 2 aromatic heterocycles. The highest BCUT2D eigenvalue weighted by Gasteiger charge is 2.23. The van der Waals surface area contributed by atoms with E-state index in [1.54, 1.807) is 0 Å². The zero-order valence-electron chi connectivity index (χ0n) is 20.0. The van der Waals surface area contributed by atoms with Crippen LogP contribution in [-0.2, 0) is 13.1 Å². The van der Waals surface area contributed by atoms with Gasteiger partial charge in [-0.3, -0.25) is 0 Å². The van der Waals surface area contributed by atoms with Crippen molar-refractivity contribution in [2.45, 2.75) is 74.6 Å². The van der Waals surface area contributed by atoms with Gasteiger partial charge in [0.05, 0.1) is 30.4 Å². The minimum atomic E-state index is -0.400. The third-order valence-corrected chi connectivity index (χ3v) is 5.32. The monoisotopic (exact) mass is 406 g/mol. The molecule has 5 rings (SSSR count). The van der Waals surface area contributed by atoms with Gasteiger partial charge < -0.3 is 14.2 Å². The summed E-state index contributed by atoms with van der Waals surface area (Å²) in [5, 5.41) is 13.2. The zero-order chi connectivity index (χ0) is 22.4. The van der Waals surface area contributed by atoms with Gasteiger partial charge in [0.2, 0.25) is 0 Å². The third kappa shape index (κ3) is 4.04. The zero-order valence-corrected chi connectivity index (χ0v) is 20.0. The molecule has 3 nitrogen and oxygen atoms in total. The first-order valence-electron chi connectivity index (χ1n) is 11.5. The van der Waals surface area contributed by atoms with Gasteiger partial charge in [0.1, 0.15) is 0 Å². The molecule has 1 aliphatic heterocycles. The number of nitrogens with zero attached hydrogens (tertiary/aromatic N) is 2. The van der Waals surface area contributed by atoms with Gasteiger partial charge in [-0.05, 0) is 37.1 Å². The third-order valence-electron chi connectivity index (χ3n) is 5.32. The summed E-state index contributed by atoms with van der Waals surface area (Å²) in [4.78, 5) is 0. The van der Waals surface area contributed by atoms with Crippen molar-refractivity contribution in [1.82, 2.24) is 9.13 Å². The first-order chi connectivity index (χ1) is 14.6. The average Bonchev–Trinajstić information content (AvgIpc) is 3.30. The van der Waals surface area contributed by atoms with Crippen LogP contribution in [0.5, 0.6) is 0 Å². The van der Waals surface area contributed by atoms with Crippen molar-refractivity contribution in [1.29, 1.82) is 0 Å². The number of para-hydroxylation sites is 1. The van der Waals surface area contributed by atoms with Crippen LogP contribution >= 0.6 is 0 Å². The Morgan fingerprint density at radius 2 is 1.57 bits per heavy atom. The van der Waals surface area contributed by atoms with E-state index in [0.29, 0.717) is 13.1 Å². The van der Waals surface area contributed by atoms with E-state index >= 15 is 0 Å². The number of hydrogen-bond acceptors (Lipinski definition) is 1. The highest BCUT2D eigenvalue weighted by atomic mass is 16.3. The van der Waals surface area contributed by atoms with Crippen molar-refractivity contribution < 1.29 is 5.11 Å². The van der Waals surface area contributed by atoms with Crippen molar-refractivity contribution >= 4 is 21.8 Å². The van der Waals surface area contributed by atoms with Crippen LogP contribution in [0.3, 0.4) is 0 Å². The van der Waals surface area contributed by atoms with Gasteiger partial charge in [-0.1, -0.05) is 71.9 Å². The summed E-state index contributed by atoms with van der Waals surface area (Å²) in [5.41, 5.74) is 7.48. The fourth-order valence-electron chi connectivity index (χ4n) is 4.27. The average molecular weight is 407 g/mol. The first kappa shape index (κ1) is 23.8. The predicted octanol–water partition coefficient (Wildman–Crippen LogP) is 7.33. The Hall–Kier alpha value is -2.52. The Morgan fingerprint density at radius 3 is 2.27 bits per heavy atom. The molecule has 30 heavy (non-hydrogen) atoms. The first-order valence-corrected chi connectivity index (χ1v) is 11.5. The molecule has 0 radical (unpaired) electrons. The molecule has 0 bridgehead atoms. The molecule has 162 valence electrons. The second-order valence-corrected chi connectivity index (χ2v) is 6.97. The largest absolute Gasteiger partial charge is 0.389 e. The molecule has 3 heterocycles. The Balaban J connectivity index is 0.000000493. The van der Waals surface area contributed by atoms with Crippen LogP contribution < -0.4 is 0 Å². The maximum atomic E-state index is 10.7. The Bertz CT molecular complexity index is 1100. The molecule has 1 N–H and O–H groups in total. The molecule has 0 fully saturated rings. The van der Waals surface area contributed by atoms with E-state index in [9.17, 15) is 5.11 Å². The number of aromatic nitrogens is 2. The predicted molar refractivity (Wildman–Crippen MR) is 132 cm³/mol. The van der Waals surface area contributed by atoms with Crippen LogP contribution in [0, 0.1) is 13.8 Å². The summed E-state index contributed by atoms with van der Waals surface area (Å²) in [5.74, 6) is 0. The summed E-state index contributed by atoms with van der Waals surface area (Å²) in [6.45, 7) is 17.6. The van der Waals surface area contributed by atoms with Crippen molar-refractivity contribution in [2.24, 2.45) is 0 Å². The van der Waals surface area contributed by atoms with Gasteiger partial charge in [-0.25, -0.2) is 0 Å². The number of rotatable bonds is 0. The number of hydrogen-bond donors (Lipinski definition) is 1. The van der Waals surface area contributed by atoms with Crippen LogP contribution in [0.25, 0.3) is 33.1 Å². The Morgan fingerprint density at radius 1 is 0.867 bits per heavy atom. The number of aliphatic hydroxyl groups excluding tert-OH is 1. The fourth-order valence-corrected chi connectivity index (χ4v) is 4.27. The SMILES string of the molecule is CC.CC.CC.Cc1ccc2c(C)c3n(c2c1)CC(O)Cn1ccc2cccc-3c21. The summed E-state index contributed by atoms with van der Waals surface area (Å²) >= 11 is 0. The minimum Gasteiger partial charge on any atom is -0.389 e. The highest BCUT2D eigenvalue weighted by Crippen LogP contribution is 2.39. The molecular formula is C27H38N2O. The van der Waals surface area contributed by atoms with Crippen LogP contribution in [0.2, 0.25) is 0 Å². The summed E-state index contributed by atoms with van der Waals surface area (Å²) in [6.07, 6.45) is 1.69. The maximum Gasteiger partial charge on any atom is 0.0897 e. The summed E-state index contributed by atoms with van der Waals surface area (Å²) < 4.78 is 4.51. The van der Waals surface area contributed by atoms with Gasteiger partial charge in [-0.2, -0.15) is 0 Å². The van der Waals surface area contributed by atoms with E-state index in [4.69, 9.17) is 0 Å². The Labute approximate surface area is 182 Å². The topological polar surface area (TPSA) is 30.1 Å². The maximum absolute atomic E-state index is 10.7. The minimum absolute atomic E-state index is 0.400. The molecular weight excluding hydrogens is 368 g/mol. The number of fused-ring (bicyclic) bond motifs is 4. The Kier molecular flexibility index (Phi) is 8.31. The van der Waals surface area contributed by atoms with Crippen LogP contribution in [0.1, 0.15) is 52.7 Å². The lowest BCUT2D eigenvalue weighted by Crippen LogP contribution is -2.24. The molecule has 2 aromatic carbocycles. The van der Waals surface area contributed by atoms with E-state index in [1.807, 2.05) is 41.5 Å². The molecule has 0 aliphatic carbocycles. The van der Waals surface area contributed by atoms with E-state index in [2.05, 4.69) is 71.6 Å². The molecule has 0 spiro atoms. The lowest BCUT2D eigenvalue weighted by Gasteiger charge is -2.22. The van der Waals surface area contributed by atoms with Crippen molar-refractivity contribution in [3.8, 4) is 11.3 Å². The van der Waals surface area contributed by atoms with Crippen molar-refractivity contribution in [3.05, 3.63) is 59.8 Å². The van der Waals surface area contributed by atoms with E-state index < -0.39 is 6.10 Å². The quantitative estimate of drug-likeness (QED) is 0.325. The standard InChI is InChI=1S/C21H20N2O.3C2H6/c1-13-6-7-17-14(2)20-18-5-3-4-15-8-9-22(21(15)18)11-16(24)12-23(20)19(17)10-13;3*1-2/h3-10,16,24H,11-12H2,1-2H3;3*1-2H3. The van der Waals surface area contributed by atoms with Gasteiger partial charge in [0.25, 0.3) is 0 Å². The van der Waals surface area contributed by atoms with Crippen LogP contribution in [0.15, 0.2) is 48.7 Å². The highest BCUT2D eigenvalue weighted by molar-refractivity contribution is 6.00. The van der Waals surface area contributed by atoms with Gasteiger partial charge in [0.15, 0.2) is 0 Å². The smallest absolute Gasteiger partial charge is 0.0897 e. The van der Waals surface area contributed by atoms with Crippen molar-refractivity contribution in [3.63, 3.8) is 0 Å². The lowest BCUT2D eigenvalue weighted by molar-refractivity contribution is 0.137. The van der Waals surface area contributed by atoms with Crippen molar-refractivity contribution in [2.75, 3.05) is 0 Å². The molecule has 4 aromatic rings. The molecule has 0 saturated heterocycles. The van der Waals surface area contributed by atoms with E-state index in [0.717, 1.165) is 0 Å². The normalized spacial score (nSPS) is 14.2. The van der Waals surface area contributed by atoms with Crippen LogP contribution in [0.4, 0.5) is 0 Å². The molecule has 1 unspecified atom stereocenters. The summed E-state index contributed by atoms with van der Waals surface area (Å²) in [6, 6.07) is 15.2. The second-order valence-electron chi connectivity index (χ2n) is 6.97.